The zero-order chi connectivity index (χ0) is 13.0. The van der Waals surface area contributed by atoms with Crippen LogP contribution in [0.5, 0.6) is 0 Å². The Morgan fingerprint density at radius 3 is 2.83 bits per heavy atom. The molecule has 0 saturated carbocycles. The van der Waals surface area contributed by atoms with Crippen LogP contribution < -0.4 is 0 Å². The smallest absolute Gasteiger partial charge is 0.333 e. The first-order valence-electron chi connectivity index (χ1n) is 5.49. The van der Waals surface area contributed by atoms with E-state index in [4.69, 9.17) is 11.2 Å². The summed E-state index contributed by atoms with van der Waals surface area (Å²) in [6.07, 6.45) is 5.37. The monoisotopic (exact) mass is 353 g/mol. The van der Waals surface area contributed by atoms with Gasteiger partial charge in [-0.1, -0.05) is 36.3 Å². The van der Waals surface area contributed by atoms with Crippen molar-refractivity contribution in [3.05, 3.63) is 45.7 Å². The Kier molecular flexibility index (Phi) is 4.39. The normalized spacial score (nSPS) is 22.6. The Morgan fingerprint density at radius 1 is 1.50 bits per heavy atom. The van der Waals surface area contributed by atoms with E-state index in [1.54, 1.807) is 4.08 Å². The summed E-state index contributed by atoms with van der Waals surface area (Å²) in [5, 5.41) is 0. The minimum absolute atomic E-state index is 0.273. The lowest BCUT2D eigenvalue weighted by atomic mass is 10.0. The van der Waals surface area contributed by atoms with Crippen LogP contribution in [-0.2, 0) is 9.53 Å². The van der Waals surface area contributed by atoms with Crippen molar-refractivity contribution >= 4 is 28.6 Å². The number of morpholine rings is 1. The summed E-state index contributed by atoms with van der Waals surface area (Å²) in [6.45, 7) is 0.973. The number of hydrogen-bond donors (Lipinski definition) is 0. The van der Waals surface area contributed by atoms with E-state index < -0.39 is 6.04 Å². The van der Waals surface area contributed by atoms with Crippen molar-refractivity contribution in [3.63, 3.8) is 0 Å². The molecule has 0 N–H and O–H groups in total. The van der Waals surface area contributed by atoms with Crippen LogP contribution in [0.2, 0.25) is 0 Å². The molecule has 1 fully saturated rings. The summed E-state index contributed by atoms with van der Waals surface area (Å²) in [5.74, 6) is 2.96. The maximum Gasteiger partial charge on any atom is 0.333 e. The highest BCUT2D eigenvalue weighted by Crippen LogP contribution is 2.28. The Hall–Kier alpha value is -1.32. The van der Waals surface area contributed by atoms with E-state index in [0.29, 0.717) is 18.8 Å². The van der Waals surface area contributed by atoms with E-state index in [9.17, 15) is 4.79 Å². The molecule has 1 aliphatic rings. The SMILES string of the molecule is C#CCN1C/C(=C\I)OC(=O)[C@@H]1c1ccccc1. The Labute approximate surface area is 120 Å². The van der Waals surface area contributed by atoms with Gasteiger partial charge in [-0.15, -0.1) is 6.42 Å². The van der Waals surface area contributed by atoms with E-state index in [1.807, 2.05) is 35.2 Å². The molecule has 0 aromatic heterocycles. The molecule has 4 heteroatoms. The average Bonchev–Trinajstić information content (AvgIpc) is 2.39. The minimum Gasteiger partial charge on any atom is -0.428 e. The lowest BCUT2D eigenvalue weighted by Gasteiger charge is -2.33. The fourth-order valence-corrected chi connectivity index (χ4v) is 2.29. The second-order valence-corrected chi connectivity index (χ2v) is 4.54. The summed E-state index contributed by atoms with van der Waals surface area (Å²) in [6, 6.07) is 9.13. The van der Waals surface area contributed by atoms with E-state index in [1.165, 1.54) is 0 Å². The molecule has 1 saturated heterocycles. The first-order valence-corrected chi connectivity index (χ1v) is 6.74. The second kappa shape index (κ2) is 6.03. The lowest BCUT2D eigenvalue weighted by molar-refractivity contribution is -0.150. The number of cyclic esters (lactones) is 1. The molecule has 0 bridgehead atoms. The number of benzene rings is 1. The first-order chi connectivity index (χ1) is 8.76. The molecule has 0 amide bonds. The summed E-state index contributed by atoms with van der Waals surface area (Å²) >= 11 is 2.06. The Morgan fingerprint density at radius 2 is 2.22 bits per heavy atom. The lowest BCUT2D eigenvalue weighted by Crippen LogP contribution is -2.41. The predicted molar refractivity (Wildman–Crippen MR) is 77.8 cm³/mol. The first kappa shape index (κ1) is 13.1. The predicted octanol–water partition coefficient (Wildman–Crippen LogP) is 2.50. The van der Waals surface area contributed by atoms with Crippen LogP contribution in [0.4, 0.5) is 0 Å². The van der Waals surface area contributed by atoms with Gasteiger partial charge in [-0.25, -0.2) is 4.79 Å². The highest BCUT2D eigenvalue weighted by Gasteiger charge is 2.34. The minimum atomic E-state index is -0.414. The Bertz CT molecular complexity index is 504. The van der Waals surface area contributed by atoms with E-state index in [-0.39, 0.29) is 5.97 Å². The molecule has 0 radical (unpaired) electrons. The topological polar surface area (TPSA) is 29.5 Å². The third-order valence-electron chi connectivity index (χ3n) is 2.71. The molecule has 1 aliphatic heterocycles. The fraction of sp³-hybridized carbons (Fsp3) is 0.214. The third kappa shape index (κ3) is 2.74. The molecular weight excluding hydrogens is 341 g/mol. The van der Waals surface area contributed by atoms with Gasteiger partial charge in [0.05, 0.1) is 13.1 Å². The molecule has 3 nitrogen and oxygen atoms in total. The molecule has 2 rings (SSSR count). The zero-order valence-electron chi connectivity index (χ0n) is 9.67. The van der Waals surface area contributed by atoms with Crippen molar-refractivity contribution in [2.75, 3.05) is 13.1 Å². The van der Waals surface area contributed by atoms with Crippen LogP contribution in [0.15, 0.2) is 40.2 Å². The molecule has 18 heavy (non-hydrogen) atoms. The highest BCUT2D eigenvalue weighted by atomic mass is 127. The van der Waals surface area contributed by atoms with Gasteiger partial charge in [-0.05, 0) is 28.2 Å². The number of nitrogens with zero attached hydrogens (tertiary/aromatic N) is 1. The molecular formula is C14H12INO2. The van der Waals surface area contributed by atoms with Crippen molar-refractivity contribution in [1.29, 1.82) is 0 Å². The number of carbonyl (C=O) groups is 1. The zero-order valence-corrected chi connectivity index (χ0v) is 11.8. The quantitative estimate of drug-likeness (QED) is 0.465. The summed E-state index contributed by atoms with van der Waals surface area (Å²) < 4.78 is 7.05. The molecule has 0 aliphatic carbocycles. The van der Waals surface area contributed by atoms with E-state index >= 15 is 0 Å². The largest absolute Gasteiger partial charge is 0.428 e. The standard InChI is InChI=1S/C14H12INO2/c1-2-8-16-10-12(9-15)18-14(17)13(16)11-6-4-3-5-7-11/h1,3-7,9,13H,8,10H2/b12-9+/t13-/m0/s1. The van der Waals surface area contributed by atoms with E-state index in [0.717, 1.165) is 5.56 Å². The van der Waals surface area contributed by atoms with Crippen molar-refractivity contribution < 1.29 is 9.53 Å². The van der Waals surface area contributed by atoms with Crippen molar-refractivity contribution in [2.45, 2.75) is 6.04 Å². The average molecular weight is 353 g/mol. The summed E-state index contributed by atoms with van der Waals surface area (Å²) in [5.41, 5.74) is 0.908. The van der Waals surface area contributed by atoms with Gasteiger partial charge in [-0.2, -0.15) is 0 Å². The number of hydrogen-bond acceptors (Lipinski definition) is 3. The molecule has 1 heterocycles. The summed E-state index contributed by atoms with van der Waals surface area (Å²) in [4.78, 5) is 14.0. The molecule has 92 valence electrons. The van der Waals surface area contributed by atoms with Crippen LogP contribution in [0, 0.1) is 12.3 Å². The second-order valence-electron chi connectivity index (χ2n) is 3.92. The van der Waals surface area contributed by atoms with Crippen LogP contribution in [-0.4, -0.2) is 24.0 Å². The summed E-state index contributed by atoms with van der Waals surface area (Å²) in [7, 11) is 0. The van der Waals surface area contributed by atoms with Gasteiger partial charge >= 0.3 is 5.97 Å². The molecule has 0 unspecified atom stereocenters. The number of esters is 1. The maximum absolute atomic E-state index is 12.1. The number of ether oxygens (including phenoxy) is 1. The number of rotatable bonds is 2. The van der Waals surface area contributed by atoms with Crippen molar-refractivity contribution in [3.8, 4) is 12.3 Å². The van der Waals surface area contributed by atoms with Crippen LogP contribution in [0.25, 0.3) is 0 Å². The van der Waals surface area contributed by atoms with Gasteiger partial charge in [0.25, 0.3) is 0 Å². The molecule has 1 aromatic carbocycles. The number of halogens is 1. The van der Waals surface area contributed by atoms with Crippen molar-refractivity contribution in [2.24, 2.45) is 0 Å². The fourth-order valence-electron chi connectivity index (χ4n) is 1.96. The van der Waals surface area contributed by atoms with Crippen LogP contribution in [0.3, 0.4) is 0 Å². The highest BCUT2D eigenvalue weighted by molar-refractivity contribution is 14.1. The Balaban J connectivity index is 2.32. The number of terminal acetylenes is 1. The van der Waals surface area contributed by atoms with Gasteiger partial charge in [0.1, 0.15) is 11.8 Å². The molecule has 1 atom stereocenters. The van der Waals surface area contributed by atoms with Crippen LogP contribution >= 0.6 is 22.6 Å². The molecule has 1 aromatic rings. The van der Waals surface area contributed by atoms with Crippen LogP contribution in [0.1, 0.15) is 11.6 Å². The number of carbonyl (C=O) groups excluding carboxylic acids is 1. The maximum atomic E-state index is 12.1. The van der Waals surface area contributed by atoms with E-state index in [2.05, 4.69) is 28.5 Å². The third-order valence-corrected chi connectivity index (χ3v) is 3.41. The van der Waals surface area contributed by atoms with Gasteiger partial charge < -0.3 is 4.74 Å². The van der Waals surface area contributed by atoms with Gasteiger partial charge in [-0.3, -0.25) is 4.90 Å². The van der Waals surface area contributed by atoms with Crippen molar-refractivity contribution in [1.82, 2.24) is 4.90 Å². The van der Waals surface area contributed by atoms with Gasteiger partial charge in [0.2, 0.25) is 0 Å². The van der Waals surface area contributed by atoms with Gasteiger partial charge in [0, 0.05) is 4.08 Å². The molecule has 0 spiro atoms. The van der Waals surface area contributed by atoms with Gasteiger partial charge in [0.15, 0.2) is 0 Å².